The van der Waals surface area contributed by atoms with Crippen molar-refractivity contribution in [3.8, 4) is 5.75 Å². The van der Waals surface area contributed by atoms with Crippen molar-refractivity contribution in [2.24, 2.45) is 0 Å². The third-order valence-electron chi connectivity index (χ3n) is 4.39. The van der Waals surface area contributed by atoms with E-state index >= 15 is 0 Å². The molecule has 2 rings (SSSR count). The molecule has 1 saturated heterocycles. The van der Waals surface area contributed by atoms with Crippen LogP contribution in [-0.4, -0.2) is 66.3 Å². The first-order chi connectivity index (χ1) is 15.5. The van der Waals surface area contributed by atoms with E-state index in [-0.39, 0.29) is 11.4 Å². The number of para-hydroxylation sites is 2. The highest BCUT2D eigenvalue weighted by atomic mass is 16.8. The Bertz CT molecular complexity index is 875. The van der Waals surface area contributed by atoms with Gasteiger partial charge in [-0.3, -0.25) is 24.4 Å². The third-order valence-corrected chi connectivity index (χ3v) is 4.39. The van der Waals surface area contributed by atoms with Gasteiger partial charge in [-0.25, -0.2) is 0 Å². The second kappa shape index (κ2) is 11.4. The number of rotatable bonds is 8. The molecular formula is C20H25N2O11-. The number of carbonyl (C=O) groups excluding carboxylic acids is 4. The average molecular weight is 469 g/mol. The molecule has 2 N–H and O–H groups in total. The summed E-state index contributed by atoms with van der Waals surface area (Å²) < 4.78 is 27.2. The van der Waals surface area contributed by atoms with Crippen LogP contribution in [-0.2, 0) is 38.1 Å². The molecule has 0 spiro atoms. The van der Waals surface area contributed by atoms with E-state index < -0.39 is 66.3 Å². The highest BCUT2D eigenvalue weighted by Gasteiger charge is 2.52. The molecule has 13 heteroatoms. The molecule has 0 aliphatic carbocycles. The van der Waals surface area contributed by atoms with Crippen LogP contribution < -0.4 is 15.3 Å². The third kappa shape index (κ3) is 7.30. The van der Waals surface area contributed by atoms with Crippen molar-refractivity contribution in [3.63, 3.8) is 0 Å². The molecule has 1 heterocycles. The monoisotopic (exact) mass is 469 g/mol. The number of hydrogen-bond acceptors (Lipinski definition) is 12. The number of benzene rings is 1. The Morgan fingerprint density at radius 1 is 1.03 bits per heavy atom. The van der Waals surface area contributed by atoms with Crippen LogP contribution in [0.1, 0.15) is 27.7 Å². The van der Waals surface area contributed by atoms with Gasteiger partial charge in [0.25, 0.3) is 0 Å². The van der Waals surface area contributed by atoms with Crippen molar-refractivity contribution in [1.82, 2.24) is 5.32 Å². The van der Waals surface area contributed by atoms with Crippen LogP contribution in [0.4, 0.5) is 5.69 Å². The van der Waals surface area contributed by atoms with Crippen LogP contribution in [0.25, 0.3) is 0 Å². The van der Waals surface area contributed by atoms with E-state index in [0.29, 0.717) is 0 Å². The number of hydrogen-bond donors (Lipinski definition) is 2. The van der Waals surface area contributed by atoms with Gasteiger partial charge in [-0.15, -0.1) is 0 Å². The molecule has 1 aliphatic rings. The minimum absolute atomic E-state index is 0.130. The van der Waals surface area contributed by atoms with Crippen LogP contribution >= 0.6 is 0 Å². The van der Waals surface area contributed by atoms with E-state index in [0.717, 1.165) is 20.8 Å². The zero-order chi connectivity index (χ0) is 24.7. The molecule has 33 heavy (non-hydrogen) atoms. The maximum absolute atomic E-state index is 11.9. The number of nitrogens with zero attached hydrogens (tertiary/aromatic N) is 1. The SMILES string of the molecule is CC(=O)N[C@@H]1[C@H](Oc2ccccc2N([O-])O)O[C@H](COC(C)=O)[C@@H](OC(C)=O)[C@@H]1OC(C)=O. The van der Waals surface area contributed by atoms with Crippen LogP contribution in [0.15, 0.2) is 24.3 Å². The fourth-order valence-electron chi connectivity index (χ4n) is 3.23. The first-order valence-electron chi connectivity index (χ1n) is 9.81. The molecule has 0 saturated carbocycles. The topological polar surface area (TPSA) is 173 Å². The Kier molecular flexibility index (Phi) is 8.96. The first kappa shape index (κ1) is 25.8. The van der Waals surface area contributed by atoms with Crippen LogP contribution in [0.3, 0.4) is 0 Å². The van der Waals surface area contributed by atoms with E-state index in [1.807, 2.05) is 0 Å². The average Bonchev–Trinajstić information content (AvgIpc) is 2.70. The number of ether oxygens (including phenoxy) is 5. The molecule has 1 fully saturated rings. The summed E-state index contributed by atoms with van der Waals surface area (Å²) >= 11 is 0. The molecule has 0 aromatic heterocycles. The van der Waals surface area contributed by atoms with Gasteiger partial charge in [-0.2, -0.15) is 0 Å². The predicted octanol–water partition coefficient (Wildman–Crippen LogP) is 0.415. The summed E-state index contributed by atoms with van der Waals surface area (Å²) in [6.45, 7) is 4.16. The van der Waals surface area contributed by atoms with Gasteiger partial charge in [-0.1, -0.05) is 12.1 Å². The van der Waals surface area contributed by atoms with Gasteiger partial charge >= 0.3 is 17.9 Å². The lowest BCUT2D eigenvalue weighted by molar-refractivity contribution is -0.257. The summed E-state index contributed by atoms with van der Waals surface area (Å²) in [4.78, 5) is 46.8. The van der Waals surface area contributed by atoms with Crippen LogP contribution in [0.5, 0.6) is 5.75 Å². The van der Waals surface area contributed by atoms with E-state index in [9.17, 15) is 29.6 Å². The molecule has 5 atom stereocenters. The van der Waals surface area contributed by atoms with Crippen molar-refractivity contribution in [2.45, 2.75) is 58.3 Å². The second-order valence-corrected chi connectivity index (χ2v) is 7.08. The Labute approximate surface area is 189 Å². The van der Waals surface area contributed by atoms with Crippen LogP contribution in [0, 0.1) is 5.21 Å². The Morgan fingerprint density at radius 3 is 2.18 bits per heavy atom. The lowest BCUT2D eigenvalue weighted by Crippen LogP contribution is -2.67. The second-order valence-electron chi connectivity index (χ2n) is 7.08. The summed E-state index contributed by atoms with van der Waals surface area (Å²) in [6, 6.07) is 4.37. The lowest BCUT2D eigenvalue weighted by Gasteiger charge is -2.45. The van der Waals surface area contributed by atoms with E-state index in [4.69, 9.17) is 23.7 Å². The summed E-state index contributed by atoms with van der Waals surface area (Å²) in [7, 11) is 0. The van der Waals surface area contributed by atoms with Crippen LogP contribution in [0.2, 0.25) is 0 Å². The van der Waals surface area contributed by atoms with Gasteiger partial charge in [0, 0.05) is 27.7 Å². The number of anilines is 1. The Hall–Kier alpha value is -3.42. The fraction of sp³-hybridized carbons (Fsp3) is 0.500. The highest BCUT2D eigenvalue weighted by Crippen LogP contribution is 2.33. The van der Waals surface area contributed by atoms with Crippen molar-refractivity contribution >= 4 is 29.5 Å². The quantitative estimate of drug-likeness (QED) is 0.305. The van der Waals surface area contributed by atoms with Gasteiger partial charge in [0.05, 0.1) is 5.69 Å². The van der Waals surface area contributed by atoms with E-state index in [2.05, 4.69) is 5.32 Å². The van der Waals surface area contributed by atoms with Crippen molar-refractivity contribution < 1.29 is 48.1 Å². The molecule has 0 radical (unpaired) electrons. The minimum atomic E-state index is -1.42. The lowest BCUT2D eigenvalue weighted by atomic mass is 9.96. The zero-order valence-corrected chi connectivity index (χ0v) is 18.4. The summed E-state index contributed by atoms with van der Waals surface area (Å²) in [5, 5.41) is 22.9. The molecule has 1 amide bonds. The standard InChI is InChI=1S/C20H25N2O11/c1-10(23)21-17-19(31-13(4)26)18(30-12(3)25)16(9-29-11(2)24)33-20(17)32-15-8-6-5-7-14(15)22(27)28/h5-8,16-20,27H,9H2,1-4H3,(H,21,23)/q-1/t16-,17+,18-,19-,20-/m1/s1. The molecule has 1 aromatic rings. The summed E-state index contributed by atoms with van der Waals surface area (Å²) in [6.07, 6.45) is -5.21. The Balaban J connectivity index is 2.50. The molecular weight excluding hydrogens is 444 g/mol. The number of amides is 1. The Morgan fingerprint density at radius 2 is 1.64 bits per heavy atom. The minimum Gasteiger partial charge on any atom is -0.733 e. The molecule has 0 bridgehead atoms. The predicted molar refractivity (Wildman–Crippen MR) is 109 cm³/mol. The molecule has 13 nitrogen and oxygen atoms in total. The van der Waals surface area contributed by atoms with Gasteiger partial charge in [0.2, 0.25) is 12.2 Å². The van der Waals surface area contributed by atoms with Gasteiger partial charge in [-0.05, 0) is 12.1 Å². The van der Waals surface area contributed by atoms with Gasteiger partial charge < -0.3 is 39.4 Å². The van der Waals surface area contributed by atoms with Gasteiger partial charge in [0.15, 0.2) is 12.2 Å². The van der Waals surface area contributed by atoms with Crippen molar-refractivity contribution in [3.05, 3.63) is 29.5 Å². The summed E-state index contributed by atoms with van der Waals surface area (Å²) in [5.74, 6) is -2.86. The highest BCUT2D eigenvalue weighted by molar-refractivity contribution is 5.74. The van der Waals surface area contributed by atoms with E-state index in [1.165, 1.54) is 31.2 Å². The number of nitrogens with one attached hydrogen (secondary N) is 1. The maximum Gasteiger partial charge on any atom is 0.303 e. The van der Waals surface area contributed by atoms with Crippen molar-refractivity contribution in [1.29, 1.82) is 0 Å². The number of carbonyl (C=O) groups is 4. The van der Waals surface area contributed by atoms with Gasteiger partial charge in [0.1, 0.15) is 24.5 Å². The first-order valence-corrected chi connectivity index (χ1v) is 9.81. The van der Waals surface area contributed by atoms with E-state index in [1.54, 1.807) is 0 Å². The number of esters is 3. The van der Waals surface area contributed by atoms with Crippen molar-refractivity contribution in [2.75, 3.05) is 11.8 Å². The molecule has 182 valence electrons. The molecule has 1 aliphatic heterocycles. The smallest absolute Gasteiger partial charge is 0.303 e. The summed E-state index contributed by atoms with van der Waals surface area (Å²) in [5.41, 5.74) is -0.273. The molecule has 0 unspecified atom stereocenters. The maximum atomic E-state index is 11.9. The zero-order valence-electron chi connectivity index (χ0n) is 18.4. The molecule has 1 aromatic carbocycles. The fourth-order valence-corrected chi connectivity index (χ4v) is 3.23. The normalized spacial score (nSPS) is 24.2. The largest absolute Gasteiger partial charge is 0.733 e.